The first kappa shape index (κ1) is 32.3. The lowest BCUT2D eigenvalue weighted by Gasteiger charge is -2.40. The fraction of sp³-hybridized carbons (Fsp3) is 0.444. The number of anilines is 1. The molecule has 3 aliphatic rings. The first-order valence-corrected chi connectivity index (χ1v) is 15.7. The number of aryl methyl sites for hydroxylation is 2. The van der Waals surface area contributed by atoms with Crippen LogP contribution in [-0.2, 0) is 27.1 Å². The maximum absolute atomic E-state index is 12.5. The molecule has 0 spiro atoms. The van der Waals surface area contributed by atoms with Crippen molar-refractivity contribution in [2.75, 3.05) is 31.7 Å². The number of benzene rings is 1. The monoisotopic (exact) mass is 611 g/mol. The van der Waals surface area contributed by atoms with E-state index in [9.17, 15) is 4.79 Å². The first-order valence-electron chi connectivity index (χ1n) is 15.7. The Morgan fingerprint density at radius 3 is 2.56 bits per heavy atom. The van der Waals surface area contributed by atoms with E-state index < -0.39 is 5.60 Å². The molecule has 9 heteroatoms. The molecule has 0 unspecified atom stereocenters. The number of nitrogens with zero attached hydrogens (tertiary/aromatic N) is 5. The van der Waals surface area contributed by atoms with Crippen molar-refractivity contribution in [1.29, 1.82) is 0 Å². The van der Waals surface area contributed by atoms with Gasteiger partial charge in [0.2, 0.25) is 0 Å². The van der Waals surface area contributed by atoms with E-state index in [2.05, 4.69) is 54.3 Å². The average Bonchev–Trinajstić information content (AvgIpc) is 3.42. The first-order chi connectivity index (χ1) is 21.4. The molecule has 1 saturated heterocycles. The molecule has 0 aliphatic carbocycles. The summed E-state index contributed by atoms with van der Waals surface area (Å²) in [6.45, 7) is 11.6. The van der Waals surface area contributed by atoms with Gasteiger partial charge in [0, 0.05) is 53.4 Å². The molecule has 6 bridgehead atoms. The summed E-state index contributed by atoms with van der Waals surface area (Å²) in [5, 5.41) is 13.6. The number of piperidine rings is 1. The summed E-state index contributed by atoms with van der Waals surface area (Å²) in [6.07, 6.45) is 9.83. The normalized spacial score (nSPS) is 17.0. The van der Waals surface area contributed by atoms with E-state index in [1.54, 1.807) is 20.8 Å². The molecule has 0 amide bonds. The zero-order valence-corrected chi connectivity index (χ0v) is 27.3. The van der Waals surface area contributed by atoms with Crippen molar-refractivity contribution in [3.63, 3.8) is 0 Å². The summed E-state index contributed by atoms with van der Waals surface area (Å²) in [5.41, 5.74) is 6.85. The third kappa shape index (κ3) is 7.96. The number of esters is 1. The van der Waals surface area contributed by atoms with Crippen molar-refractivity contribution >= 4 is 17.4 Å². The minimum absolute atomic E-state index is 0.143. The number of pyridine rings is 1. The lowest BCUT2D eigenvalue weighted by molar-refractivity contribution is -0.139. The maximum Gasteiger partial charge on any atom is 0.310 e. The summed E-state index contributed by atoms with van der Waals surface area (Å²) in [6, 6.07) is 14.6. The largest absolute Gasteiger partial charge is 0.469 e. The van der Waals surface area contributed by atoms with Crippen molar-refractivity contribution in [3.8, 4) is 22.4 Å². The summed E-state index contributed by atoms with van der Waals surface area (Å²) in [5.74, 6) is 0.616. The van der Waals surface area contributed by atoms with E-state index in [4.69, 9.17) is 29.6 Å². The number of methoxy groups -OCH3 is 1. The summed E-state index contributed by atoms with van der Waals surface area (Å²) >= 11 is 0. The van der Waals surface area contributed by atoms with Crippen LogP contribution >= 0.6 is 0 Å². The minimum Gasteiger partial charge on any atom is -0.469 e. The third-order valence-electron chi connectivity index (χ3n) is 8.15. The molecule has 45 heavy (non-hydrogen) atoms. The number of rotatable bonds is 2. The van der Waals surface area contributed by atoms with Crippen LogP contribution in [0.15, 0.2) is 60.8 Å². The van der Waals surface area contributed by atoms with Gasteiger partial charge in [0.25, 0.3) is 0 Å². The number of allylic oxidation sites excluding steroid dienone is 1. The lowest BCUT2D eigenvalue weighted by Crippen LogP contribution is -2.45. The van der Waals surface area contributed by atoms with Crippen molar-refractivity contribution in [2.45, 2.75) is 77.9 Å². The molecule has 4 aromatic rings. The van der Waals surface area contributed by atoms with E-state index in [0.29, 0.717) is 6.61 Å². The van der Waals surface area contributed by atoms with Crippen molar-refractivity contribution < 1.29 is 19.4 Å². The number of carbonyl (C=O) groups excluding carboxylic acids is 1. The van der Waals surface area contributed by atoms with E-state index in [1.165, 1.54) is 7.11 Å². The quantitative estimate of drug-likeness (QED) is 0.213. The Kier molecular flexibility index (Phi) is 9.70. The van der Waals surface area contributed by atoms with Gasteiger partial charge in [-0.1, -0.05) is 36.4 Å². The molecule has 0 radical (unpaired) electrons. The van der Waals surface area contributed by atoms with Crippen LogP contribution in [0, 0.1) is 6.92 Å². The van der Waals surface area contributed by atoms with Gasteiger partial charge in [-0.15, -0.1) is 0 Å². The number of hydrogen-bond acceptors (Lipinski definition) is 8. The van der Waals surface area contributed by atoms with Gasteiger partial charge < -0.3 is 19.5 Å². The second kappa shape index (κ2) is 13.5. The molecule has 6 heterocycles. The Bertz CT molecular complexity index is 1670. The van der Waals surface area contributed by atoms with Crippen LogP contribution in [0.2, 0.25) is 0 Å². The Hall–Kier alpha value is -4.08. The molecular weight excluding hydrogens is 566 g/mol. The van der Waals surface area contributed by atoms with Crippen LogP contribution in [0.25, 0.3) is 28.0 Å². The van der Waals surface area contributed by atoms with Gasteiger partial charge in [-0.25, -0.2) is 4.98 Å². The van der Waals surface area contributed by atoms with Crippen LogP contribution < -0.4 is 4.90 Å². The molecule has 9 nitrogen and oxygen atoms in total. The highest BCUT2D eigenvalue weighted by Crippen LogP contribution is 2.34. The Balaban J connectivity index is 0.000000743. The van der Waals surface area contributed by atoms with Gasteiger partial charge in [0.1, 0.15) is 5.82 Å². The lowest BCUT2D eigenvalue weighted by atomic mass is 9.93. The van der Waals surface area contributed by atoms with E-state index in [1.807, 2.05) is 29.8 Å². The topological polar surface area (TPSA) is 102 Å². The molecule has 3 aliphatic heterocycles. The smallest absolute Gasteiger partial charge is 0.310 e. The van der Waals surface area contributed by atoms with Gasteiger partial charge in [0.15, 0.2) is 5.65 Å². The second-order valence-electron chi connectivity index (χ2n) is 13.1. The van der Waals surface area contributed by atoms with Crippen LogP contribution in [-0.4, -0.2) is 68.7 Å². The molecule has 3 aromatic heterocycles. The molecule has 0 saturated carbocycles. The highest BCUT2D eigenvalue weighted by Gasteiger charge is 2.33. The predicted molar refractivity (Wildman–Crippen MR) is 177 cm³/mol. The molecule has 7 rings (SSSR count). The average molecular weight is 612 g/mol. The van der Waals surface area contributed by atoms with Gasteiger partial charge in [-0.05, 0) is 78.0 Å². The third-order valence-corrected chi connectivity index (χ3v) is 8.15. The summed E-state index contributed by atoms with van der Waals surface area (Å²) in [7, 11) is 1.42. The summed E-state index contributed by atoms with van der Waals surface area (Å²) in [4.78, 5) is 24.4. The fourth-order valence-corrected chi connectivity index (χ4v) is 5.76. The van der Waals surface area contributed by atoms with Gasteiger partial charge in [0.05, 0.1) is 37.0 Å². The number of fused-ring (bicyclic) bond motifs is 6. The van der Waals surface area contributed by atoms with Gasteiger partial charge in [-0.3, -0.25) is 9.78 Å². The second-order valence-corrected chi connectivity index (χ2v) is 13.1. The molecule has 1 aromatic carbocycles. The highest BCUT2D eigenvalue weighted by molar-refractivity contribution is 5.77. The van der Waals surface area contributed by atoms with E-state index in [-0.39, 0.29) is 18.0 Å². The minimum atomic E-state index is -0.500. The zero-order valence-electron chi connectivity index (χ0n) is 27.3. The van der Waals surface area contributed by atoms with Gasteiger partial charge >= 0.3 is 5.97 Å². The molecule has 0 atom stereocenters. The standard InChI is InChI=1S/C32H35N5O3.C4H10O/c1-22-26(20-30(38)39-3)31-36-16-13-32(2,14-17-36)40-18-6-4-5-12-27-25(11-8-15-33-27)23-9-7-10-24(19-23)28-21-29(34-22)37(31)35-28;1-4(2,3)5/h4,6-11,15,19,21H,5,12-14,16-18,20H2,1-3H3;5H,1-3H3/b6-4+;. The zero-order chi connectivity index (χ0) is 32.2. The predicted octanol–water partition coefficient (Wildman–Crippen LogP) is 6.14. The molecule has 238 valence electrons. The maximum atomic E-state index is 12.5. The van der Waals surface area contributed by atoms with Crippen LogP contribution in [0.5, 0.6) is 0 Å². The number of aliphatic hydroxyl groups is 1. The number of carbonyl (C=O) groups is 1. The SMILES string of the molecule is CC(C)(C)O.COC(=O)Cc1c(C)nc2cc3nn2c1N1CCC(C)(CC1)OC/C=C/CCc1ncccc1-c1cccc-3c1. The van der Waals surface area contributed by atoms with Crippen molar-refractivity contribution in [3.05, 3.63) is 77.8 Å². The molecular formula is C36H45N5O4. The highest BCUT2D eigenvalue weighted by atomic mass is 16.5. The molecule has 1 N–H and O–H groups in total. The fourth-order valence-electron chi connectivity index (χ4n) is 5.76. The Labute approximate surface area is 265 Å². The number of ether oxygens (including phenoxy) is 2. The van der Waals surface area contributed by atoms with Crippen LogP contribution in [0.3, 0.4) is 0 Å². The number of hydrogen-bond donors (Lipinski definition) is 1. The van der Waals surface area contributed by atoms with E-state index in [0.717, 1.165) is 89.6 Å². The van der Waals surface area contributed by atoms with E-state index >= 15 is 0 Å². The Morgan fingerprint density at radius 1 is 1.09 bits per heavy atom. The van der Waals surface area contributed by atoms with Crippen LogP contribution in [0.4, 0.5) is 5.82 Å². The summed E-state index contributed by atoms with van der Waals surface area (Å²) < 4.78 is 13.3. The Morgan fingerprint density at radius 2 is 1.82 bits per heavy atom. The number of aromatic nitrogens is 4. The van der Waals surface area contributed by atoms with Crippen LogP contribution in [0.1, 0.15) is 63.9 Å². The van der Waals surface area contributed by atoms with Crippen molar-refractivity contribution in [2.24, 2.45) is 0 Å². The molecule has 1 fully saturated rings. The van der Waals surface area contributed by atoms with Gasteiger partial charge in [-0.2, -0.15) is 9.61 Å². The van der Waals surface area contributed by atoms with Crippen molar-refractivity contribution in [1.82, 2.24) is 19.6 Å².